The highest BCUT2D eigenvalue weighted by atomic mass is 16.3. The molecule has 0 radical (unpaired) electrons. The fourth-order valence-electron chi connectivity index (χ4n) is 0.546. The molecule has 8 heavy (non-hydrogen) atoms. The average Bonchev–Trinajstić information content (AvgIpc) is 1.84. The van der Waals surface area contributed by atoms with Crippen molar-refractivity contribution in [2.45, 2.75) is 32.4 Å². The predicted molar refractivity (Wildman–Crippen MR) is 34.8 cm³/mol. The van der Waals surface area contributed by atoms with Gasteiger partial charge in [-0.15, -0.1) is 0 Å². The summed E-state index contributed by atoms with van der Waals surface area (Å²) in [5, 5.41) is 12.0. The average molecular weight is 117 g/mol. The largest absolute Gasteiger partial charge is 0.392 e. The molecular formula is C6H15NO. The molecule has 2 atom stereocenters. The van der Waals surface area contributed by atoms with Crippen molar-refractivity contribution in [3.05, 3.63) is 0 Å². The Kier molecular flexibility index (Phi) is 3.83. The highest BCUT2D eigenvalue weighted by molar-refractivity contribution is 4.65. The summed E-state index contributed by atoms with van der Waals surface area (Å²) in [6, 6.07) is 0.222. The molecule has 2 unspecified atom stereocenters. The van der Waals surface area contributed by atoms with Crippen molar-refractivity contribution in [2.75, 3.05) is 7.05 Å². The molecule has 0 saturated carbocycles. The summed E-state index contributed by atoms with van der Waals surface area (Å²) in [5.74, 6) is 0. The zero-order valence-corrected chi connectivity index (χ0v) is 5.81. The number of likely N-dealkylation sites (N-methyl/N-ethyl adjacent to an activating group) is 1. The molecule has 2 heteroatoms. The van der Waals surface area contributed by atoms with Gasteiger partial charge in [0.25, 0.3) is 0 Å². The molecule has 0 heterocycles. The van der Waals surface area contributed by atoms with Crippen LogP contribution in [0.5, 0.6) is 0 Å². The lowest BCUT2D eigenvalue weighted by Gasteiger charge is -2.15. The second kappa shape index (κ2) is 3.87. The summed E-state index contributed by atoms with van der Waals surface area (Å²) < 4.78 is 0. The summed E-state index contributed by atoms with van der Waals surface area (Å²) in [6.45, 7) is 3.94. The fourth-order valence-corrected chi connectivity index (χ4v) is 0.546. The van der Waals surface area contributed by atoms with Crippen LogP contribution in [0.2, 0.25) is 0 Å². The van der Waals surface area contributed by atoms with Crippen LogP contribution >= 0.6 is 0 Å². The Labute approximate surface area is 50.9 Å². The van der Waals surface area contributed by atoms with Crippen LogP contribution < -0.4 is 5.32 Å². The monoisotopic (exact) mass is 117 g/mol. The van der Waals surface area contributed by atoms with E-state index < -0.39 is 0 Å². The van der Waals surface area contributed by atoms with E-state index in [0.29, 0.717) is 0 Å². The highest BCUT2D eigenvalue weighted by Gasteiger charge is 2.07. The number of hydrogen-bond acceptors (Lipinski definition) is 2. The van der Waals surface area contributed by atoms with E-state index in [9.17, 15) is 0 Å². The first-order valence-corrected chi connectivity index (χ1v) is 3.07. The molecule has 0 spiro atoms. The summed E-state index contributed by atoms with van der Waals surface area (Å²) in [7, 11) is 1.85. The third kappa shape index (κ3) is 2.28. The van der Waals surface area contributed by atoms with E-state index in [1.807, 2.05) is 20.9 Å². The highest BCUT2D eigenvalue weighted by Crippen LogP contribution is 1.94. The van der Waals surface area contributed by atoms with Crippen LogP contribution in [0.25, 0.3) is 0 Å². The summed E-state index contributed by atoms with van der Waals surface area (Å²) in [6.07, 6.45) is 0.627. The molecule has 0 aliphatic rings. The first kappa shape index (κ1) is 7.92. The standard InChI is InChI=1S/C6H15NO/c1-4-6(8)5(2)7-3/h5-8H,4H2,1-3H3. The number of hydrogen-bond donors (Lipinski definition) is 2. The molecule has 0 fully saturated rings. The second-order valence-corrected chi connectivity index (χ2v) is 2.05. The van der Waals surface area contributed by atoms with Gasteiger partial charge in [0.05, 0.1) is 6.10 Å². The molecule has 0 rings (SSSR count). The van der Waals surface area contributed by atoms with E-state index >= 15 is 0 Å². The van der Waals surface area contributed by atoms with Crippen molar-refractivity contribution in [1.82, 2.24) is 5.32 Å². The van der Waals surface area contributed by atoms with Crippen LogP contribution in [-0.4, -0.2) is 24.3 Å². The number of aliphatic hydroxyl groups excluding tert-OH is 1. The first-order valence-electron chi connectivity index (χ1n) is 3.07. The van der Waals surface area contributed by atoms with Gasteiger partial charge < -0.3 is 10.4 Å². The molecular weight excluding hydrogens is 102 g/mol. The van der Waals surface area contributed by atoms with Gasteiger partial charge in [0.15, 0.2) is 0 Å². The lowest BCUT2D eigenvalue weighted by molar-refractivity contribution is 0.134. The van der Waals surface area contributed by atoms with Crippen LogP contribution in [0.15, 0.2) is 0 Å². The fraction of sp³-hybridized carbons (Fsp3) is 1.00. The zero-order valence-electron chi connectivity index (χ0n) is 5.81. The molecule has 50 valence electrons. The smallest absolute Gasteiger partial charge is 0.0687 e. The molecule has 0 amide bonds. The van der Waals surface area contributed by atoms with Crippen LogP contribution in [-0.2, 0) is 0 Å². The molecule has 0 saturated heterocycles. The van der Waals surface area contributed by atoms with Crippen molar-refractivity contribution < 1.29 is 5.11 Å². The molecule has 0 aromatic heterocycles. The van der Waals surface area contributed by atoms with Crippen LogP contribution in [0, 0.1) is 0 Å². The number of nitrogens with one attached hydrogen (secondary N) is 1. The zero-order chi connectivity index (χ0) is 6.57. The van der Waals surface area contributed by atoms with Crippen LogP contribution in [0.4, 0.5) is 0 Å². The van der Waals surface area contributed by atoms with Crippen LogP contribution in [0.3, 0.4) is 0 Å². The minimum absolute atomic E-state index is 0.194. The Hall–Kier alpha value is -0.0800. The van der Waals surface area contributed by atoms with E-state index in [1.165, 1.54) is 0 Å². The normalized spacial score (nSPS) is 18.0. The lowest BCUT2D eigenvalue weighted by Crippen LogP contribution is -2.33. The summed E-state index contributed by atoms with van der Waals surface area (Å²) >= 11 is 0. The van der Waals surface area contributed by atoms with E-state index in [4.69, 9.17) is 5.11 Å². The van der Waals surface area contributed by atoms with Gasteiger partial charge in [-0.05, 0) is 20.4 Å². The van der Waals surface area contributed by atoms with E-state index in [-0.39, 0.29) is 12.1 Å². The molecule has 0 bridgehead atoms. The third-order valence-corrected chi connectivity index (χ3v) is 1.45. The Morgan fingerprint density at radius 3 is 2.25 bits per heavy atom. The van der Waals surface area contributed by atoms with Gasteiger partial charge in [-0.1, -0.05) is 6.92 Å². The van der Waals surface area contributed by atoms with E-state index in [2.05, 4.69) is 5.32 Å². The topological polar surface area (TPSA) is 32.3 Å². The maximum Gasteiger partial charge on any atom is 0.0687 e. The van der Waals surface area contributed by atoms with Gasteiger partial charge in [0.2, 0.25) is 0 Å². The second-order valence-electron chi connectivity index (χ2n) is 2.05. The maximum atomic E-state index is 9.06. The third-order valence-electron chi connectivity index (χ3n) is 1.45. The predicted octanol–water partition coefficient (Wildman–Crippen LogP) is 0.365. The van der Waals surface area contributed by atoms with Gasteiger partial charge in [-0.25, -0.2) is 0 Å². The number of rotatable bonds is 3. The van der Waals surface area contributed by atoms with Gasteiger partial charge in [0.1, 0.15) is 0 Å². The molecule has 2 nitrogen and oxygen atoms in total. The van der Waals surface area contributed by atoms with Crippen molar-refractivity contribution in [1.29, 1.82) is 0 Å². The Morgan fingerprint density at radius 1 is 1.62 bits per heavy atom. The van der Waals surface area contributed by atoms with Gasteiger partial charge in [0, 0.05) is 6.04 Å². The van der Waals surface area contributed by atoms with Gasteiger partial charge in [-0.2, -0.15) is 0 Å². The molecule has 0 aromatic carbocycles. The van der Waals surface area contributed by atoms with Crippen molar-refractivity contribution >= 4 is 0 Å². The van der Waals surface area contributed by atoms with Crippen molar-refractivity contribution in [3.8, 4) is 0 Å². The Balaban J connectivity index is 3.29. The van der Waals surface area contributed by atoms with Crippen LogP contribution in [0.1, 0.15) is 20.3 Å². The Morgan fingerprint density at radius 2 is 2.12 bits per heavy atom. The quantitative estimate of drug-likeness (QED) is 0.559. The first-order chi connectivity index (χ1) is 3.72. The molecule has 2 N–H and O–H groups in total. The summed E-state index contributed by atoms with van der Waals surface area (Å²) in [4.78, 5) is 0. The maximum absolute atomic E-state index is 9.06. The molecule has 0 aromatic rings. The Bertz CT molecular complexity index is 48.5. The minimum atomic E-state index is -0.194. The molecule has 0 aliphatic heterocycles. The minimum Gasteiger partial charge on any atom is -0.392 e. The van der Waals surface area contributed by atoms with Crippen molar-refractivity contribution in [3.63, 3.8) is 0 Å². The van der Waals surface area contributed by atoms with Gasteiger partial charge in [-0.3, -0.25) is 0 Å². The van der Waals surface area contributed by atoms with Gasteiger partial charge >= 0.3 is 0 Å². The van der Waals surface area contributed by atoms with E-state index in [1.54, 1.807) is 0 Å². The van der Waals surface area contributed by atoms with Crippen molar-refractivity contribution in [2.24, 2.45) is 0 Å². The molecule has 0 aliphatic carbocycles. The van der Waals surface area contributed by atoms with E-state index in [0.717, 1.165) is 6.42 Å². The lowest BCUT2D eigenvalue weighted by atomic mass is 10.1. The SMILES string of the molecule is CCC(O)C(C)NC. The number of aliphatic hydroxyl groups is 1. The summed E-state index contributed by atoms with van der Waals surface area (Å²) in [5.41, 5.74) is 0.